The Morgan fingerprint density at radius 1 is 0.471 bits per heavy atom. The van der Waals surface area contributed by atoms with Crippen LogP contribution in [-0.4, -0.2) is 5.78 Å². The van der Waals surface area contributed by atoms with E-state index in [1.165, 1.54) is 0 Å². The summed E-state index contributed by atoms with van der Waals surface area (Å²) in [5.41, 5.74) is 1.28. The third-order valence-corrected chi connectivity index (χ3v) is 10.2. The highest BCUT2D eigenvalue weighted by Crippen LogP contribution is 2.41. The molecule has 0 aliphatic heterocycles. The van der Waals surface area contributed by atoms with E-state index < -0.39 is 0 Å². The molecule has 0 aliphatic carbocycles. The van der Waals surface area contributed by atoms with Gasteiger partial charge < -0.3 is 0 Å². The van der Waals surface area contributed by atoms with Crippen LogP contribution in [0.2, 0.25) is 0 Å². The fraction of sp³-hybridized carbons (Fsp3) is 0. The topological polar surface area (TPSA) is 17.1 Å². The van der Waals surface area contributed by atoms with Crippen molar-refractivity contribution < 1.29 is 4.79 Å². The van der Waals surface area contributed by atoms with Crippen molar-refractivity contribution in [2.75, 3.05) is 0 Å². The van der Waals surface area contributed by atoms with Gasteiger partial charge in [0.1, 0.15) is 0 Å². The van der Waals surface area contributed by atoms with Crippen LogP contribution in [0.15, 0.2) is 103 Å². The van der Waals surface area contributed by atoms with Crippen molar-refractivity contribution in [1.82, 2.24) is 0 Å². The molecule has 0 radical (unpaired) electrons. The van der Waals surface area contributed by atoms with Gasteiger partial charge in [0.2, 0.25) is 0 Å². The largest absolute Gasteiger partial charge is 0.288 e. The standard InChI is InChI=1S/C29H14Br4O/c30-23-13-19-9-15-5-1-3-7-17(15)11-21(19)25(27(23)32)29(34)26-22-12-18-8-4-2-6-16(18)10-20(22)14-24(31)28(26)33/h1-14H. The summed E-state index contributed by atoms with van der Waals surface area (Å²) in [6.07, 6.45) is 0. The summed E-state index contributed by atoms with van der Waals surface area (Å²) in [7, 11) is 0. The van der Waals surface area contributed by atoms with E-state index >= 15 is 0 Å². The van der Waals surface area contributed by atoms with Gasteiger partial charge in [-0.3, -0.25) is 4.79 Å². The number of ketones is 1. The Kier molecular flexibility index (Phi) is 5.64. The molecule has 5 heteroatoms. The Morgan fingerprint density at radius 2 is 0.824 bits per heavy atom. The highest BCUT2D eigenvalue weighted by Gasteiger charge is 2.24. The fourth-order valence-corrected chi connectivity index (χ4v) is 6.54. The molecule has 0 bridgehead atoms. The Labute approximate surface area is 229 Å². The minimum absolute atomic E-state index is 0.0399. The molecule has 0 N–H and O–H groups in total. The van der Waals surface area contributed by atoms with Gasteiger partial charge in [0.15, 0.2) is 5.78 Å². The molecule has 0 amide bonds. The van der Waals surface area contributed by atoms with Crippen LogP contribution in [0.4, 0.5) is 0 Å². The van der Waals surface area contributed by atoms with Gasteiger partial charge in [0, 0.05) is 29.0 Å². The van der Waals surface area contributed by atoms with Gasteiger partial charge >= 0.3 is 0 Å². The summed E-state index contributed by atoms with van der Waals surface area (Å²) >= 11 is 14.8. The van der Waals surface area contributed by atoms with Crippen LogP contribution in [0.5, 0.6) is 0 Å². The quantitative estimate of drug-likeness (QED) is 0.130. The smallest absolute Gasteiger partial charge is 0.196 e. The molecule has 0 saturated carbocycles. The maximum Gasteiger partial charge on any atom is 0.196 e. The Morgan fingerprint density at radius 3 is 1.21 bits per heavy atom. The molecule has 34 heavy (non-hydrogen) atoms. The maximum atomic E-state index is 14.4. The van der Waals surface area contributed by atoms with Gasteiger partial charge in [-0.15, -0.1) is 0 Å². The summed E-state index contributed by atoms with van der Waals surface area (Å²) in [5.74, 6) is -0.0399. The Bertz CT molecular complexity index is 1690. The first-order valence-corrected chi connectivity index (χ1v) is 13.8. The SMILES string of the molecule is O=C(c1c(Br)c(Br)cc2cc3ccccc3cc12)c1c(Br)c(Br)cc2cc3ccccc3cc12. The highest BCUT2D eigenvalue weighted by atomic mass is 79.9. The predicted octanol–water partition coefficient (Wildman–Crippen LogP) is 10.6. The van der Waals surface area contributed by atoms with E-state index in [1.54, 1.807) is 0 Å². The van der Waals surface area contributed by atoms with E-state index in [2.05, 4.69) is 124 Å². The normalized spacial score (nSPS) is 11.6. The second-order valence-corrected chi connectivity index (χ2v) is 11.6. The first-order valence-electron chi connectivity index (χ1n) is 10.6. The second kappa shape index (κ2) is 8.56. The molecule has 0 atom stereocenters. The molecule has 164 valence electrons. The molecule has 0 saturated heterocycles. The van der Waals surface area contributed by atoms with Crippen molar-refractivity contribution in [2.24, 2.45) is 0 Å². The molecule has 0 unspecified atom stereocenters. The summed E-state index contributed by atoms with van der Waals surface area (Å²) in [5, 5.41) is 8.34. The molecule has 1 nitrogen and oxygen atoms in total. The lowest BCUT2D eigenvalue weighted by atomic mass is 9.91. The van der Waals surface area contributed by atoms with Crippen LogP contribution in [0.1, 0.15) is 15.9 Å². The van der Waals surface area contributed by atoms with Crippen molar-refractivity contribution in [1.29, 1.82) is 0 Å². The van der Waals surface area contributed by atoms with Crippen molar-refractivity contribution in [2.45, 2.75) is 0 Å². The van der Waals surface area contributed by atoms with Crippen LogP contribution < -0.4 is 0 Å². The molecular weight excluding hydrogens is 684 g/mol. The van der Waals surface area contributed by atoms with Crippen LogP contribution in [-0.2, 0) is 0 Å². The first-order chi connectivity index (χ1) is 16.4. The number of benzene rings is 6. The third-order valence-electron chi connectivity index (χ3n) is 6.25. The monoisotopic (exact) mass is 694 g/mol. The van der Waals surface area contributed by atoms with Gasteiger partial charge in [0.05, 0.1) is 0 Å². The Balaban J connectivity index is 1.71. The van der Waals surface area contributed by atoms with Crippen molar-refractivity contribution in [3.05, 3.63) is 114 Å². The molecule has 0 fully saturated rings. The molecule has 0 spiro atoms. The van der Waals surface area contributed by atoms with Crippen LogP contribution >= 0.6 is 63.7 Å². The molecule has 6 aromatic rings. The molecule has 0 aromatic heterocycles. The van der Waals surface area contributed by atoms with Crippen LogP contribution in [0.25, 0.3) is 43.1 Å². The van der Waals surface area contributed by atoms with Gasteiger partial charge in [0.25, 0.3) is 0 Å². The van der Waals surface area contributed by atoms with Crippen molar-refractivity contribution in [3.8, 4) is 0 Å². The van der Waals surface area contributed by atoms with E-state index in [-0.39, 0.29) is 5.78 Å². The van der Waals surface area contributed by atoms with E-state index in [9.17, 15) is 4.79 Å². The molecule has 6 aromatic carbocycles. The molecule has 0 heterocycles. The summed E-state index contributed by atoms with van der Waals surface area (Å²) in [4.78, 5) is 14.4. The number of fused-ring (bicyclic) bond motifs is 4. The molecular formula is C29H14Br4O. The summed E-state index contributed by atoms with van der Waals surface area (Å²) in [6, 6.07) is 29.1. The van der Waals surface area contributed by atoms with E-state index in [1.807, 2.05) is 24.3 Å². The number of rotatable bonds is 2. The lowest BCUT2D eigenvalue weighted by molar-refractivity contribution is 0.104. The Hall–Kier alpha value is -2.05. The minimum atomic E-state index is -0.0399. The van der Waals surface area contributed by atoms with E-state index in [4.69, 9.17) is 0 Å². The summed E-state index contributed by atoms with van der Waals surface area (Å²) in [6.45, 7) is 0. The maximum absolute atomic E-state index is 14.4. The van der Waals surface area contributed by atoms with E-state index in [0.29, 0.717) is 11.1 Å². The second-order valence-electron chi connectivity index (χ2n) is 8.26. The first kappa shape index (κ1) is 22.4. The lowest BCUT2D eigenvalue weighted by Crippen LogP contribution is -2.07. The summed E-state index contributed by atoms with van der Waals surface area (Å²) < 4.78 is 3.20. The van der Waals surface area contributed by atoms with Gasteiger partial charge in [-0.05, 0) is 143 Å². The average Bonchev–Trinajstić information content (AvgIpc) is 2.83. The van der Waals surface area contributed by atoms with Crippen LogP contribution in [0.3, 0.4) is 0 Å². The lowest BCUT2D eigenvalue weighted by Gasteiger charge is -2.16. The number of hydrogen-bond donors (Lipinski definition) is 0. The zero-order chi connectivity index (χ0) is 23.6. The number of halogens is 4. The minimum Gasteiger partial charge on any atom is -0.288 e. The van der Waals surface area contributed by atoms with Gasteiger partial charge in [-0.2, -0.15) is 0 Å². The zero-order valence-corrected chi connectivity index (χ0v) is 23.8. The van der Waals surface area contributed by atoms with Crippen molar-refractivity contribution in [3.63, 3.8) is 0 Å². The zero-order valence-electron chi connectivity index (χ0n) is 17.5. The number of carbonyl (C=O) groups excluding carboxylic acids is 1. The fourth-order valence-electron chi connectivity index (χ4n) is 4.63. The van der Waals surface area contributed by atoms with E-state index in [0.717, 1.165) is 61.0 Å². The number of hydrogen-bond acceptors (Lipinski definition) is 1. The van der Waals surface area contributed by atoms with Gasteiger partial charge in [-0.1, -0.05) is 48.5 Å². The highest BCUT2D eigenvalue weighted by molar-refractivity contribution is 9.13. The van der Waals surface area contributed by atoms with Gasteiger partial charge in [-0.25, -0.2) is 0 Å². The predicted molar refractivity (Wildman–Crippen MR) is 157 cm³/mol. The van der Waals surface area contributed by atoms with Crippen molar-refractivity contribution >= 4 is 113 Å². The average molecular weight is 698 g/mol. The van der Waals surface area contributed by atoms with Crippen LogP contribution in [0, 0.1) is 0 Å². The molecule has 6 rings (SSSR count). The number of carbonyl (C=O) groups is 1. The molecule has 0 aliphatic rings. The third kappa shape index (κ3) is 3.56.